The minimum atomic E-state index is 0.449. The number of hydrogen-bond donors (Lipinski definition) is 0. The summed E-state index contributed by atoms with van der Waals surface area (Å²) < 4.78 is 3.28. The van der Waals surface area contributed by atoms with E-state index in [0.717, 1.165) is 0 Å². The van der Waals surface area contributed by atoms with Crippen LogP contribution in [0.2, 0.25) is 0 Å². The zero-order chi connectivity index (χ0) is 7.52. The van der Waals surface area contributed by atoms with E-state index in [1.807, 2.05) is 0 Å². The van der Waals surface area contributed by atoms with E-state index in [0.29, 0.717) is 33.4 Å². The van der Waals surface area contributed by atoms with E-state index in [9.17, 15) is 0 Å². The van der Waals surface area contributed by atoms with Gasteiger partial charge in [-0.15, -0.1) is 0 Å². The van der Waals surface area contributed by atoms with Crippen molar-refractivity contribution >= 4 is 0 Å². The van der Waals surface area contributed by atoms with E-state index in [-0.39, 0.29) is 0 Å². The normalized spacial score (nSPS) is 21.1. The Bertz CT molecular complexity index is 239. The monoisotopic (exact) mass is 296 g/mol. The molecule has 0 atom stereocenters. The van der Waals surface area contributed by atoms with Crippen LogP contribution < -0.4 is 0 Å². The Labute approximate surface area is 85.4 Å². The fourth-order valence-corrected chi connectivity index (χ4v) is 3.27. The molecule has 2 aliphatic rings. The van der Waals surface area contributed by atoms with Gasteiger partial charge in [0.15, 0.2) is 0 Å². The SMILES string of the molecule is C1=CC[C]([Er][C]2=CC=CC2)=C1. The molecule has 0 nitrogen and oxygen atoms in total. The van der Waals surface area contributed by atoms with Crippen molar-refractivity contribution in [1.82, 2.24) is 0 Å². The van der Waals surface area contributed by atoms with Gasteiger partial charge >= 0.3 is 86.2 Å². The van der Waals surface area contributed by atoms with E-state index in [4.69, 9.17) is 0 Å². The molecule has 0 spiro atoms. The predicted molar refractivity (Wildman–Crippen MR) is 43.7 cm³/mol. The molecule has 0 radical (unpaired) electrons. The van der Waals surface area contributed by atoms with Gasteiger partial charge in [-0.25, -0.2) is 0 Å². The molecule has 0 N–H and O–H groups in total. The van der Waals surface area contributed by atoms with Crippen LogP contribution in [0.5, 0.6) is 0 Å². The molecule has 0 unspecified atom stereocenters. The van der Waals surface area contributed by atoms with Gasteiger partial charge in [0.05, 0.1) is 0 Å². The van der Waals surface area contributed by atoms with Gasteiger partial charge < -0.3 is 0 Å². The molecule has 0 aromatic rings. The Balaban J connectivity index is 1.91. The molecule has 0 amide bonds. The van der Waals surface area contributed by atoms with Crippen LogP contribution in [0.15, 0.2) is 39.9 Å². The van der Waals surface area contributed by atoms with Crippen LogP contribution in [0.25, 0.3) is 0 Å². The molecule has 1 heteroatoms. The van der Waals surface area contributed by atoms with Crippen molar-refractivity contribution in [3.05, 3.63) is 39.9 Å². The van der Waals surface area contributed by atoms with Gasteiger partial charge in [0, 0.05) is 0 Å². The summed E-state index contributed by atoms with van der Waals surface area (Å²) in [6.07, 6.45) is 15.8. The van der Waals surface area contributed by atoms with Crippen LogP contribution in [0.1, 0.15) is 12.8 Å². The fourth-order valence-electron chi connectivity index (χ4n) is 1.03. The summed E-state index contributed by atoms with van der Waals surface area (Å²) in [7, 11) is 0. The second kappa shape index (κ2) is 3.74. The summed E-state index contributed by atoms with van der Waals surface area (Å²) in [4.78, 5) is 0. The maximum absolute atomic E-state index is 2.27. The molecule has 62 valence electrons. The van der Waals surface area contributed by atoms with Crippen molar-refractivity contribution in [1.29, 1.82) is 0 Å². The quantitative estimate of drug-likeness (QED) is 0.735. The molecule has 0 heterocycles. The number of rotatable bonds is 2. The first kappa shape index (κ1) is 7.84. The van der Waals surface area contributed by atoms with Crippen molar-refractivity contribution in [2.24, 2.45) is 0 Å². The van der Waals surface area contributed by atoms with Crippen LogP contribution in [-0.4, -0.2) is 0 Å². The molecule has 0 aromatic carbocycles. The van der Waals surface area contributed by atoms with Crippen LogP contribution >= 0.6 is 0 Å². The van der Waals surface area contributed by atoms with Crippen molar-refractivity contribution in [2.75, 3.05) is 0 Å². The molecule has 0 aliphatic heterocycles. The number of allylic oxidation sites excluding steroid dienone is 8. The second-order valence-corrected chi connectivity index (χ2v) is 5.29. The zero-order valence-corrected chi connectivity index (χ0v) is 8.02. The van der Waals surface area contributed by atoms with Gasteiger partial charge in [-0.3, -0.25) is 0 Å². The van der Waals surface area contributed by atoms with Gasteiger partial charge in [-0.2, -0.15) is 0 Å². The Morgan fingerprint density at radius 3 is 1.82 bits per heavy atom. The van der Waals surface area contributed by atoms with Crippen molar-refractivity contribution in [3.63, 3.8) is 0 Å². The van der Waals surface area contributed by atoms with Crippen LogP contribution in [0.4, 0.5) is 0 Å². The molecular weight excluding hydrogens is 287 g/mol. The molecule has 2 rings (SSSR count). The summed E-state index contributed by atoms with van der Waals surface area (Å²) in [5.41, 5.74) is 0. The van der Waals surface area contributed by atoms with Crippen molar-refractivity contribution < 1.29 is 33.4 Å². The van der Waals surface area contributed by atoms with Crippen molar-refractivity contribution in [3.8, 4) is 0 Å². The average Bonchev–Trinajstić information content (AvgIpc) is 2.60. The van der Waals surface area contributed by atoms with Gasteiger partial charge in [-0.05, 0) is 0 Å². The molecular formula is C10H10Er. The van der Waals surface area contributed by atoms with Crippen LogP contribution in [0.3, 0.4) is 0 Å². The zero-order valence-electron chi connectivity index (χ0n) is 6.17. The summed E-state index contributed by atoms with van der Waals surface area (Å²) in [6, 6.07) is 0. The van der Waals surface area contributed by atoms with Gasteiger partial charge in [0.1, 0.15) is 0 Å². The third-order valence-electron chi connectivity index (χ3n) is 1.57. The van der Waals surface area contributed by atoms with Crippen LogP contribution in [-0.2, 0) is 0 Å². The van der Waals surface area contributed by atoms with E-state index in [2.05, 4.69) is 36.5 Å². The molecule has 0 aromatic heterocycles. The van der Waals surface area contributed by atoms with E-state index in [1.54, 1.807) is 3.46 Å². The first-order chi connectivity index (χ1) is 5.45. The fraction of sp³-hybridized carbons (Fsp3) is 0.200. The van der Waals surface area contributed by atoms with E-state index in [1.165, 1.54) is 12.8 Å². The first-order valence-electron chi connectivity index (χ1n) is 3.72. The molecule has 2 aliphatic carbocycles. The van der Waals surface area contributed by atoms with E-state index < -0.39 is 0 Å². The Hall–Kier alpha value is 0.207. The summed E-state index contributed by atoms with van der Waals surface area (Å²) in [5.74, 6) is 0. The molecule has 0 saturated carbocycles. The number of hydrogen-bond acceptors (Lipinski definition) is 0. The molecule has 0 bridgehead atoms. The molecule has 0 fully saturated rings. The first-order valence-corrected chi connectivity index (χ1v) is 5.58. The molecule has 11 heavy (non-hydrogen) atoms. The predicted octanol–water partition coefficient (Wildman–Crippen LogP) is 2.76. The van der Waals surface area contributed by atoms with Gasteiger partial charge in [-0.1, -0.05) is 0 Å². The maximum atomic E-state index is 2.27. The average molecular weight is 297 g/mol. The van der Waals surface area contributed by atoms with Gasteiger partial charge in [0.25, 0.3) is 0 Å². The van der Waals surface area contributed by atoms with Gasteiger partial charge in [0.2, 0.25) is 0 Å². The summed E-state index contributed by atoms with van der Waals surface area (Å²) >= 11 is 0.449. The van der Waals surface area contributed by atoms with Crippen LogP contribution in [0, 0.1) is 33.4 Å². The third kappa shape index (κ3) is 2.07. The Morgan fingerprint density at radius 2 is 1.45 bits per heavy atom. The minimum absolute atomic E-state index is 0.449. The summed E-state index contributed by atoms with van der Waals surface area (Å²) in [5, 5.41) is 0. The molecule has 0 saturated heterocycles. The Kier molecular flexibility index (Phi) is 2.66. The standard InChI is InChI=1S/2C5H5.Er/c2*1-2-4-5-3-1;/h2*1-3H,4H2;. The summed E-state index contributed by atoms with van der Waals surface area (Å²) in [6.45, 7) is 0. The third-order valence-corrected chi connectivity index (χ3v) is 4.13. The second-order valence-electron chi connectivity index (χ2n) is 2.45. The van der Waals surface area contributed by atoms with E-state index >= 15 is 0 Å². The topological polar surface area (TPSA) is 0 Å². The Morgan fingerprint density at radius 1 is 0.909 bits per heavy atom. The van der Waals surface area contributed by atoms with Crippen molar-refractivity contribution in [2.45, 2.75) is 12.8 Å².